The summed E-state index contributed by atoms with van der Waals surface area (Å²) < 4.78 is 18.7. The first-order chi connectivity index (χ1) is 16.3. The number of hydrogen-bond acceptors (Lipinski definition) is 7. The summed E-state index contributed by atoms with van der Waals surface area (Å²) in [5.74, 6) is 0.526. The van der Waals surface area contributed by atoms with E-state index in [1.807, 2.05) is 37.3 Å². The molecule has 0 saturated carbocycles. The minimum atomic E-state index is -0.341. The van der Waals surface area contributed by atoms with Crippen LogP contribution in [0.3, 0.4) is 0 Å². The molecule has 2 aromatic rings. The van der Waals surface area contributed by atoms with Gasteiger partial charge in [0.25, 0.3) is 5.91 Å². The second-order valence-corrected chi connectivity index (χ2v) is 10.7. The molecule has 2 aromatic carbocycles. The van der Waals surface area contributed by atoms with Gasteiger partial charge >= 0.3 is 5.97 Å². The summed E-state index contributed by atoms with van der Waals surface area (Å²) in [7, 11) is 1.56. The number of benzene rings is 2. The number of ether oxygens (including phenoxy) is 3. The molecule has 0 spiro atoms. The smallest absolute Gasteiger partial charge is 0.307 e. The van der Waals surface area contributed by atoms with Gasteiger partial charge in [0.05, 0.1) is 29.5 Å². The molecule has 0 bridgehead atoms. The molecule has 1 aliphatic heterocycles. The van der Waals surface area contributed by atoms with Crippen molar-refractivity contribution in [2.75, 3.05) is 20.3 Å². The molecule has 34 heavy (non-hydrogen) atoms. The highest BCUT2D eigenvalue weighted by Gasteiger charge is 2.32. The van der Waals surface area contributed by atoms with Crippen molar-refractivity contribution in [3.63, 3.8) is 0 Å². The van der Waals surface area contributed by atoms with Gasteiger partial charge in [-0.2, -0.15) is 0 Å². The lowest BCUT2D eigenvalue weighted by atomic mass is 10.1. The fraction of sp³-hybridized carbons (Fsp3) is 0.292. The highest BCUT2D eigenvalue weighted by molar-refractivity contribution is 9.10. The van der Waals surface area contributed by atoms with Crippen molar-refractivity contribution >= 4 is 78.1 Å². The lowest BCUT2D eigenvalue weighted by molar-refractivity contribution is -0.143. The fourth-order valence-electron chi connectivity index (χ4n) is 3.08. The van der Waals surface area contributed by atoms with Gasteiger partial charge in [0, 0.05) is 11.0 Å². The van der Waals surface area contributed by atoms with E-state index in [0.717, 1.165) is 22.0 Å². The maximum atomic E-state index is 12.9. The first-order valence-electron chi connectivity index (χ1n) is 10.5. The summed E-state index contributed by atoms with van der Waals surface area (Å²) in [6.45, 7) is 2.86. The van der Waals surface area contributed by atoms with Gasteiger partial charge in [0.2, 0.25) is 0 Å². The average molecular weight is 629 g/mol. The van der Waals surface area contributed by atoms with Crippen LogP contribution in [0.15, 0.2) is 50.2 Å². The van der Waals surface area contributed by atoms with E-state index >= 15 is 0 Å². The molecule has 1 amide bonds. The summed E-state index contributed by atoms with van der Waals surface area (Å²) in [5.41, 5.74) is 1.76. The summed E-state index contributed by atoms with van der Waals surface area (Å²) in [6.07, 6.45) is 2.60. The molecule has 1 heterocycles. The van der Waals surface area contributed by atoms with E-state index in [1.54, 1.807) is 19.3 Å². The lowest BCUT2D eigenvalue weighted by Gasteiger charge is -2.14. The Morgan fingerprint density at radius 1 is 1.24 bits per heavy atom. The Morgan fingerprint density at radius 2 is 2.03 bits per heavy atom. The molecule has 3 rings (SSSR count). The van der Waals surface area contributed by atoms with Crippen LogP contribution in [0.5, 0.6) is 11.5 Å². The SMILES string of the molecule is CCCOC(=O)CCN1C(=O)/C(=C\c2cc(Br)c(OCc3cccc(Br)c3)c(OC)c2)SC1=S. The molecule has 180 valence electrons. The Bertz CT molecular complexity index is 1120. The second kappa shape index (κ2) is 12.7. The molecule has 6 nitrogen and oxygen atoms in total. The number of methoxy groups -OCH3 is 1. The number of nitrogens with zero attached hydrogens (tertiary/aromatic N) is 1. The van der Waals surface area contributed by atoms with E-state index < -0.39 is 0 Å². The highest BCUT2D eigenvalue weighted by atomic mass is 79.9. The van der Waals surface area contributed by atoms with Gasteiger partial charge in [-0.25, -0.2) is 0 Å². The van der Waals surface area contributed by atoms with Crippen molar-refractivity contribution in [1.82, 2.24) is 4.90 Å². The topological polar surface area (TPSA) is 65.1 Å². The van der Waals surface area contributed by atoms with Crippen LogP contribution in [-0.4, -0.2) is 41.4 Å². The molecule has 1 aliphatic rings. The number of rotatable bonds is 10. The molecule has 0 radical (unpaired) electrons. The van der Waals surface area contributed by atoms with Gasteiger partial charge in [-0.15, -0.1) is 0 Å². The largest absolute Gasteiger partial charge is 0.493 e. The Hall–Kier alpha value is -1.88. The van der Waals surface area contributed by atoms with Crippen molar-refractivity contribution in [1.29, 1.82) is 0 Å². The molecule has 10 heteroatoms. The molecule has 0 unspecified atom stereocenters. The van der Waals surface area contributed by atoms with Crippen LogP contribution in [0, 0.1) is 0 Å². The zero-order valence-corrected chi connectivity index (χ0v) is 23.4. The van der Waals surface area contributed by atoms with Crippen molar-refractivity contribution in [2.45, 2.75) is 26.4 Å². The Balaban J connectivity index is 1.72. The summed E-state index contributed by atoms with van der Waals surface area (Å²) in [6, 6.07) is 11.5. The van der Waals surface area contributed by atoms with Gasteiger partial charge in [-0.05, 0) is 63.8 Å². The zero-order valence-electron chi connectivity index (χ0n) is 18.6. The van der Waals surface area contributed by atoms with Crippen molar-refractivity contribution < 1.29 is 23.8 Å². The van der Waals surface area contributed by atoms with Gasteiger partial charge in [0.1, 0.15) is 10.9 Å². The van der Waals surface area contributed by atoms with E-state index in [-0.39, 0.29) is 24.8 Å². The van der Waals surface area contributed by atoms with E-state index in [9.17, 15) is 9.59 Å². The summed E-state index contributed by atoms with van der Waals surface area (Å²) in [4.78, 5) is 26.6. The third-order valence-corrected chi connectivity index (χ3v) is 7.16. The van der Waals surface area contributed by atoms with E-state index in [0.29, 0.717) is 38.4 Å². The van der Waals surface area contributed by atoms with E-state index in [2.05, 4.69) is 31.9 Å². The Morgan fingerprint density at radius 3 is 2.74 bits per heavy atom. The number of thiocarbonyl (C=S) groups is 1. The normalized spacial score (nSPS) is 14.6. The second-order valence-electron chi connectivity index (χ2n) is 7.26. The number of carbonyl (C=O) groups excluding carboxylic acids is 2. The first-order valence-corrected chi connectivity index (χ1v) is 13.3. The predicted molar refractivity (Wildman–Crippen MR) is 145 cm³/mol. The van der Waals surface area contributed by atoms with Crippen molar-refractivity contribution in [3.05, 3.63) is 61.4 Å². The van der Waals surface area contributed by atoms with Gasteiger partial charge < -0.3 is 14.2 Å². The Kier molecular flexibility index (Phi) is 9.99. The van der Waals surface area contributed by atoms with Crippen LogP contribution in [0.1, 0.15) is 30.9 Å². The standard InChI is InChI=1S/C24H23Br2NO5S2/c1-3-9-31-21(28)7-8-27-23(29)20(34-24(27)33)13-16-11-18(26)22(19(12-16)30-2)32-14-15-5-4-6-17(25)10-15/h4-6,10-13H,3,7-9,14H2,1-2H3/b20-13+. The van der Waals surface area contributed by atoms with Crippen LogP contribution < -0.4 is 9.47 Å². The predicted octanol–water partition coefficient (Wildman–Crippen LogP) is 6.34. The van der Waals surface area contributed by atoms with E-state index in [1.165, 1.54) is 16.7 Å². The molecule has 1 fully saturated rings. The number of halogens is 2. The molecule has 0 atom stereocenters. The van der Waals surface area contributed by atoms with Crippen LogP contribution in [0.25, 0.3) is 6.08 Å². The number of esters is 1. The molecule has 0 N–H and O–H groups in total. The minimum absolute atomic E-state index is 0.100. The molecular weight excluding hydrogens is 606 g/mol. The first kappa shape index (κ1) is 26.7. The highest BCUT2D eigenvalue weighted by Crippen LogP contribution is 2.39. The summed E-state index contributed by atoms with van der Waals surface area (Å²) >= 11 is 13.6. The number of amides is 1. The Labute approximate surface area is 225 Å². The molecule has 1 saturated heterocycles. The zero-order chi connectivity index (χ0) is 24.7. The monoisotopic (exact) mass is 627 g/mol. The molecule has 0 aliphatic carbocycles. The lowest BCUT2D eigenvalue weighted by Crippen LogP contribution is -2.30. The van der Waals surface area contributed by atoms with Crippen molar-refractivity contribution in [3.8, 4) is 11.5 Å². The van der Waals surface area contributed by atoms with E-state index in [4.69, 9.17) is 26.4 Å². The summed E-state index contributed by atoms with van der Waals surface area (Å²) in [5, 5.41) is 0. The van der Waals surface area contributed by atoms with Crippen LogP contribution >= 0.6 is 55.8 Å². The third-order valence-electron chi connectivity index (χ3n) is 4.70. The third kappa shape index (κ3) is 7.07. The fourth-order valence-corrected chi connectivity index (χ4v) is 5.41. The maximum absolute atomic E-state index is 12.9. The van der Waals surface area contributed by atoms with Gasteiger partial charge in [0.15, 0.2) is 11.5 Å². The number of hydrogen-bond donors (Lipinski definition) is 0. The maximum Gasteiger partial charge on any atom is 0.307 e. The molecule has 0 aromatic heterocycles. The van der Waals surface area contributed by atoms with Crippen LogP contribution in [0.2, 0.25) is 0 Å². The quantitative estimate of drug-likeness (QED) is 0.173. The number of carbonyl (C=O) groups is 2. The van der Waals surface area contributed by atoms with Crippen LogP contribution in [-0.2, 0) is 20.9 Å². The number of thioether (sulfide) groups is 1. The molecular formula is C24H23Br2NO5S2. The minimum Gasteiger partial charge on any atom is -0.493 e. The average Bonchev–Trinajstić information content (AvgIpc) is 3.07. The van der Waals surface area contributed by atoms with Gasteiger partial charge in [-0.1, -0.05) is 59.0 Å². The van der Waals surface area contributed by atoms with Crippen molar-refractivity contribution in [2.24, 2.45) is 0 Å². The van der Waals surface area contributed by atoms with Gasteiger partial charge in [-0.3, -0.25) is 14.5 Å². The van der Waals surface area contributed by atoms with Crippen LogP contribution in [0.4, 0.5) is 0 Å².